The van der Waals surface area contributed by atoms with Crippen molar-refractivity contribution >= 4 is 11.4 Å². The smallest absolute Gasteiger partial charge is 0.107 e. The van der Waals surface area contributed by atoms with E-state index in [1.165, 1.54) is 16.7 Å². The SMILES string of the molecule is C[C@H]1NCCC=C1c1c[nH]c2c1CCC(CCO)N2. The van der Waals surface area contributed by atoms with Crippen LogP contribution in [0.3, 0.4) is 0 Å². The summed E-state index contributed by atoms with van der Waals surface area (Å²) >= 11 is 0. The van der Waals surface area contributed by atoms with E-state index in [-0.39, 0.29) is 6.61 Å². The largest absolute Gasteiger partial charge is 0.396 e. The lowest BCUT2D eigenvalue weighted by atomic mass is 9.90. The summed E-state index contributed by atoms with van der Waals surface area (Å²) in [6.07, 6.45) is 8.64. The predicted octanol–water partition coefficient (Wildman–Crippen LogP) is 1.89. The maximum absolute atomic E-state index is 9.04. The first-order valence-corrected chi connectivity index (χ1v) is 7.31. The molecular formula is C15H23N3O. The highest BCUT2D eigenvalue weighted by atomic mass is 16.3. The molecule has 0 aliphatic carbocycles. The lowest BCUT2D eigenvalue weighted by Crippen LogP contribution is -2.32. The van der Waals surface area contributed by atoms with Gasteiger partial charge in [0.2, 0.25) is 0 Å². The summed E-state index contributed by atoms with van der Waals surface area (Å²) in [7, 11) is 0. The second-order valence-corrected chi connectivity index (χ2v) is 5.57. The van der Waals surface area contributed by atoms with E-state index in [4.69, 9.17) is 5.11 Å². The number of hydrogen-bond acceptors (Lipinski definition) is 3. The van der Waals surface area contributed by atoms with Crippen molar-refractivity contribution in [1.29, 1.82) is 0 Å². The Labute approximate surface area is 114 Å². The summed E-state index contributed by atoms with van der Waals surface area (Å²) < 4.78 is 0. The van der Waals surface area contributed by atoms with Crippen LogP contribution < -0.4 is 10.6 Å². The maximum atomic E-state index is 9.04. The van der Waals surface area contributed by atoms with Crippen LogP contribution in [-0.4, -0.2) is 35.3 Å². The van der Waals surface area contributed by atoms with Crippen molar-refractivity contribution in [2.24, 2.45) is 0 Å². The van der Waals surface area contributed by atoms with Gasteiger partial charge in [-0.1, -0.05) is 6.08 Å². The molecule has 0 radical (unpaired) electrons. The normalized spacial score (nSPS) is 26.5. The quantitative estimate of drug-likeness (QED) is 0.672. The van der Waals surface area contributed by atoms with Crippen LogP contribution in [0.15, 0.2) is 12.3 Å². The maximum Gasteiger partial charge on any atom is 0.107 e. The van der Waals surface area contributed by atoms with Crippen LogP contribution in [-0.2, 0) is 6.42 Å². The van der Waals surface area contributed by atoms with Crippen LogP contribution in [0.1, 0.15) is 37.3 Å². The number of aliphatic hydroxyl groups excluding tert-OH is 1. The number of rotatable bonds is 3. The Kier molecular flexibility index (Phi) is 3.62. The number of H-pyrrole nitrogens is 1. The van der Waals surface area contributed by atoms with Gasteiger partial charge in [0.15, 0.2) is 0 Å². The number of aliphatic hydroxyl groups is 1. The van der Waals surface area contributed by atoms with Crippen LogP contribution in [0.25, 0.3) is 5.57 Å². The molecule has 4 N–H and O–H groups in total. The van der Waals surface area contributed by atoms with E-state index < -0.39 is 0 Å². The van der Waals surface area contributed by atoms with Gasteiger partial charge in [0, 0.05) is 36.0 Å². The molecule has 3 rings (SSSR count). The van der Waals surface area contributed by atoms with Gasteiger partial charge in [-0.15, -0.1) is 0 Å². The molecule has 19 heavy (non-hydrogen) atoms. The zero-order chi connectivity index (χ0) is 13.2. The molecule has 0 aromatic carbocycles. The molecule has 1 unspecified atom stereocenters. The Balaban J connectivity index is 1.84. The van der Waals surface area contributed by atoms with Crippen molar-refractivity contribution in [3.8, 4) is 0 Å². The van der Waals surface area contributed by atoms with Gasteiger partial charge < -0.3 is 20.7 Å². The molecule has 0 fully saturated rings. The Morgan fingerprint density at radius 2 is 2.32 bits per heavy atom. The number of aromatic nitrogens is 1. The van der Waals surface area contributed by atoms with Gasteiger partial charge in [-0.25, -0.2) is 0 Å². The second kappa shape index (κ2) is 5.39. The first-order chi connectivity index (χ1) is 9.29. The predicted molar refractivity (Wildman–Crippen MR) is 78.3 cm³/mol. The fraction of sp³-hybridized carbons (Fsp3) is 0.600. The van der Waals surface area contributed by atoms with Gasteiger partial charge in [0.25, 0.3) is 0 Å². The highest BCUT2D eigenvalue weighted by molar-refractivity contribution is 5.76. The molecule has 2 atom stereocenters. The number of fused-ring (bicyclic) bond motifs is 1. The Morgan fingerprint density at radius 1 is 1.42 bits per heavy atom. The van der Waals surface area contributed by atoms with Crippen molar-refractivity contribution in [1.82, 2.24) is 10.3 Å². The van der Waals surface area contributed by atoms with E-state index in [1.54, 1.807) is 0 Å². The second-order valence-electron chi connectivity index (χ2n) is 5.57. The molecule has 0 spiro atoms. The fourth-order valence-corrected chi connectivity index (χ4v) is 3.22. The Bertz CT molecular complexity index is 478. The minimum atomic E-state index is 0.257. The molecular weight excluding hydrogens is 238 g/mol. The molecule has 0 bridgehead atoms. The third-order valence-corrected chi connectivity index (χ3v) is 4.29. The van der Waals surface area contributed by atoms with Crippen LogP contribution in [0.4, 0.5) is 5.82 Å². The van der Waals surface area contributed by atoms with Gasteiger partial charge in [-0.3, -0.25) is 0 Å². The molecule has 104 valence electrons. The van der Waals surface area contributed by atoms with Gasteiger partial charge in [-0.05, 0) is 44.7 Å². The third-order valence-electron chi connectivity index (χ3n) is 4.29. The topological polar surface area (TPSA) is 60.1 Å². The highest BCUT2D eigenvalue weighted by Gasteiger charge is 2.24. The average Bonchev–Trinajstić information content (AvgIpc) is 2.83. The fourth-order valence-electron chi connectivity index (χ4n) is 3.22. The lowest BCUT2D eigenvalue weighted by molar-refractivity contribution is 0.276. The molecule has 4 heteroatoms. The number of nitrogens with one attached hydrogen (secondary N) is 3. The molecule has 4 nitrogen and oxygen atoms in total. The van der Waals surface area contributed by atoms with E-state index in [9.17, 15) is 0 Å². The van der Waals surface area contributed by atoms with Crippen LogP contribution >= 0.6 is 0 Å². The van der Waals surface area contributed by atoms with E-state index in [0.29, 0.717) is 12.1 Å². The molecule has 2 aliphatic heterocycles. The molecule has 2 aliphatic rings. The van der Waals surface area contributed by atoms with Crippen LogP contribution in [0.5, 0.6) is 0 Å². The van der Waals surface area contributed by atoms with Crippen molar-refractivity contribution in [3.63, 3.8) is 0 Å². The lowest BCUT2D eigenvalue weighted by Gasteiger charge is -2.27. The van der Waals surface area contributed by atoms with Crippen molar-refractivity contribution in [2.45, 2.75) is 44.7 Å². The molecule has 1 aromatic heterocycles. The van der Waals surface area contributed by atoms with Gasteiger partial charge in [0.1, 0.15) is 5.82 Å². The van der Waals surface area contributed by atoms with Crippen molar-refractivity contribution < 1.29 is 5.11 Å². The standard InChI is InChI=1S/C15H23N3O/c1-10-12(3-2-7-16-10)14-9-17-15-13(14)5-4-11(18-15)6-8-19/h3,9-11,16-19H,2,4-8H2,1H3/t10-,11?/m1/s1. The summed E-state index contributed by atoms with van der Waals surface area (Å²) in [6, 6.07) is 0.837. The molecule has 0 saturated carbocycles. The van der Waals surface area contributed by atoms with E-state index in [2.05, 4.69) is 34.8 Å². The van der Waals surface area contributed by atoms with E-state index >= 15 is 0 Å². The number of hydrogen-bond donors (Lipinski definition) is 4. The number of aromatic amines is 1. The van der Waals surface area contributed by atoms with Crippen molar-refractivity contribution in [2.75, 3.05) is 18.5 Å². The Hall–Kier alpha value is -1.26. The summed E-state index contributed by atoms with van der Waals surface area (Å²) in [4.78, 5) is 3.37. The van der Waals surface area contributed by atoms with Crippen LogP contribution in [0, 0.1) is 0 Å². The molecule has 3 heterocycles. The molecule has 0 saturated heterocycles. The summed E-state index contributed by atoms with van der Waals surface area (Å²) in [5.41, 5.74) is 4.20. The number of anilines is 1. The van der Waals surface area contributed by atoms with Gasteiger partial charge in [0.05, 0.1) is 0 Å². The Morgan fingerprint density at radius 3 is 3.11 bits per heavy atom. The van der Waals surface area contributed by atoms with E-state index in [0.717, 1.165) is 38.0 Å². The van der Waals surface area contributed by atoms with Gasteiger partial charge in [-0.2, -0.15) is 0 Å². The van der Waals surface area contributed by atoms with Crippen LogP contribution in [0.2, 0.25) is 0 Å². The molecule has 1 aromatic rings. The highest BCUT2D eigenvalue weighted by Crippen LogP contribution is 2.34. The zero-order valence-electron chi connectivity index (χ0n) is 11.5. The zero-order valence-corrected chi connectivity index (χ0v) is 11.5. The molecule has 0 amide bonds. The minimum absolute atomic E-state index is 0.257. The summed E-state index contributed by atoms with van der Waals surface area (Å²) in [5.74, 6) is 1.15. The first-order valence-electron chi connectivity index (χ1n) is 7.31. The summed E-state index contributed by atoms with van der Waals surface area (Å²) in [5, 5.41) is 16.1. The first kappa shape index (κ1) is 12.8. The van der Waals surface area contributed by atoms with Gasteiger partial charge >= 0.3 is 0 Å². The monoisotopic (exact) mass is 261 g/mol. The summed E-state index contributed by atoms with van der Waals surface area (Å²) in [6.45, 7) is 3.57. The van der Waals surface area contributed by atoms with E-state index in [1.807, 2.05) is 0 Å². The van der Waals surface area contributed by atoms with Crippen molar-refractivity contribution in [3.05, 3.63) is 23.4 Å². The average molecular weight is 261 g/mol. The third kappa shape index (κ3) is 2.42. The minimum Gasteiger partial charge on any atom is -0.396 e.